The standard InChI is InChI=1S/C40H49N5O6/c1-27-24-45(28(2)26-46)38(47)34-23-32(41-39(48)43-35-19-12-15-30-14-8-9-18-33(30)35)20-21-36(34)51-29(3)13-10-11-22-50-37(27)25-44(4)40(49)42-31-16-6-5-7-17-31/h5-9,12,14-21,23,27-29,37,46H,10-11,13,22,24-26H2,1-4H3,(H,42,49)(H2,41,43,48)/t27-,28+,29-,37+/m0/s1. The minimum atomic E-state index is -0.538. The molecule has 0 spiro atoms. The number of ether oxygens (including phenoxy) is 2. The van der Waals surface area contributed by atoms with Crippen molar-refractivity contribution in [3.05, 3.63) is 96.6 Å². The maximum Gasteiger partial charge on any atom is 0.323 e. The van der Waals surface area contributed by atoms with Crippen molar-refractivity contribution in [2.45, 2.75) is 58.3 Å². The number of urea groups is 2. The van der Waals surface area contributed by atoms with Crippen molar-refractivity contribution in [3.8, 4) is 5.75 Å². The maximum atomic E-state index is 14.5. The summed E-state index contributed by atoms with van der Waals surface area (Å²) in [7, 11) is 1.72. The van der Waals surface area contributed by atoms with E-state index < -0.39 is 12.1 Å². The first-order valence-electron chi connectivity index (χ1n) is 17.6. The van der Waals surface area contributed by atoms with E-state index in [1.807, 2.05) is 86.6 Å². The molecule has 4 aromatic rings. The second kappa shape index (κ2) is 17.7. The van der Waals surface area contributed by atoms with E-state index in [-0.39, 0.29) is 48.8 Å². The van der Waals surface area contributed by atoms with Gasteiger partial charge in [-0.05, 0) is 74.9 Å². The third-order valence-corrected chi connectivity index (χ3v) is 9.17. The van der Waals surface area contributed by atoms with E-state index in [9.17, 15) is 19.5 Å². The fourth-order valence-electron chi connectivity index (χ4n) is 6.18. The molecule has 1 aliphatic rings. The number of para-hydroxylation sites is 1. The van der Waals surface area contributed by atoms with Gasteiger partial charge in [0.2, 0.25) is 0 Å². The molecule has 5 amide bonds. The maximum absolute atomic E-state index is 14.5. The van der Waals surface area contributed by atoms with Crippen LogP contribution in [0.15, 0.2) is 91.0 Å². The lowest BCUT2D eigenvalue weighted by Crippen LogP contribution is -2.48. The Balaban J connectivity index is 1.38. The molecule has 11 nitrogen and oxygen atoms in total. The van der Waals surface area contributed by atoms with Crippen LogP contribution < -0.4 is 20.7 Å². The number of aliphatic hydroxyl groups is 1. The first-order valence-corrected chi connectivity index (χ1v) is 17.6. The van der Waals surface area contributed by atoms with Crippen molar-refractivity contribution in [1.82, 2.24) is 9.80 Å². The Morgan fingerprint density at radius 2 is 1.67 bits per heavy atom. The number of rotatable bonds is 7. The summed E-state index contributed by atoms with van der Waals surface area (Å²) >= 11 is 0. The van der Waals surface area contributed by atoms with Gasteiger partial charge in [-0.2, -0.15) is 0 Å². The van der Waals surface area contributed by atoms with E-state index in [1.165, 1.54) is 0 Å². The topological polar surface area (TPSA) is 132 Å². The number of benzene rings is 4. The number of nitrogens with zero attached hydrogens (tertiary/aromatic N) is 2. The Morgan fingerprint density at radius 1 is 0.922 bits per heavy atom. The zero-order valence-electron chi connectivity index (χ0n) is 29.8. The van der Waals surface area contributed by atoms with Gasteiger partial charge in [0.1, 0.15) is 5.75 Å². The molecule has 0 aromatic heterocycles. The van der Waals surface area contributed by atoms with Gasteiger partial charge in [0.25, 0.3) is 5.91 Å². The molecule has 0 radical (unpaired) electrons. The van der Waals surface area contributed by atoms with Gasteiger partial charge < -0.3 is 40.3 Å². The highest BCUT2D eigenvalue weighted by molar-refractivity contribution is 6.07. The Morgan fingerprint density at radius 3 is 2.45 bits per heavy atom. The Kier molecular flexibility index (Phi) is 12.9. The van der Waals surface area contributed by atoms with E-state index >= 15 is 0 Å². The van der Waals surface area contributed by atoms with Gasteiger partial charge >= 0.3 is 12.1 Å². The molecule has 0 saturated heterocycles. The molecule has 0 unspecified atom stereocenters. The molecule has 1 heterocycles. The second-order valence-corrected chi connectivity index (χ2v) is 13.3. The number of amides is 5. The monoisotopic (exact) mass is 695 g/mol. The van der Waals surface area contributed by atoms with Crippen LogP contribution in [0, 0.1) is 5.92 Å². The number of anilines is 3. The second-order valence-electron chi connectivity index (χ2n) is 13.3. The summed E-state index contributed by atoms with van der Waals surface area (Å²) in [5, 5.41) is 20.9. The number of hydrogen-bond donors (Lipinski definition) is 4. The van der Waals surface area contributed by atoms with E-state index in [0.29, 0.717) is 36.0 Å². The first-order chi connectivity index (χ1) is 24.6. The van der Waals surface area contributed by atoms with Gasteiger partial charge in [0.15, 0.2) is 0 Å². The van der Waals surface area contributed by atoms with Crippen molar-refractivity contribution in [3.63, 3.8) is 0 Å². The Bertz CT molecular complexity index is 1780. The molecule has 11 heteroatoms. The largest absolute Gasteiger partial charge is 0.490 e. The van der Waals surface area contributed by atoms with Crippen LogP contribution in [0.1, 0.15) is 50.4 Å². The van der Waals surface area contributed by atoms with Gasteiger partial charge in [-0.15, -0.1) is 0 Å². The molecule has 0 fully saturated rings. The molecule has 4 atom stereocenters. The van der Waals surface area contributed by atoms with Crippen molar-refractivity contribution >= 4 is 45.8 Å². The lowest BCUT2D eigenvalue weighted by atomic mass is 10.0. The predicted molar refractivity (Wildman–Crippen MR) is 202 cm³/mol. The molecule has 0 bridgehead atoms. The summed E-state index contributed by atoms with van der Waals surface area (Å²) in [6.07, 6.45) is 1.80. The highest BCUT2D eigenvalue weighted by atomic mass is 16.5. The summed E-state index contributed by atoms with van der Waals surface area (Å²) in [6.45, 7) is 6.50. The summed E-state index contributed by atoms with van der Waals surface area (Å²) in [5.74, 6) is -0.166. The minimum absolute atomic E-state index is 0.195. The van der Waals surface area contributed by atoms with Gasteiger partial charge in [-0.3, -0.25) is 4.79 Å². The number of hydrogen-bond acceptors (Lipinski definition) is 6. The Labute approximate surface area is 299 Å². The predicted octanol–water partition coefficient (Wildman–Crippen LogP) is 7.44. The summed E-state index contributed by atoms with van der Waals surface area (Å²) in [5.41, 5.74) is 2.03. The minimum Gasteiger partial charge on any atom is -0.490 e. The molecule has 4 aromatic carbocycles. The fraction of sp³-hybridized carbons (Fsp3) is 0.375. The van der Waals surface area contributed by atoms with Crippen LogP contribution in [-0.4, -0.2) is 84.5 Å². The zero-order valence-corrected chi connectivity index (χ0v) is 29.8. The van der Waals surface area contributed by atoms with Gasteiger partial charge in [0.05, 0.1) is 36.1 Å². The molecule has 270 valence electrons. The molecule has 4 N–H and O–H groups in total. The van der Waals surface area contributed by atoms with Crippen molar-refractivity contribution < 1.29 is 29.0 Å². The molecule has 1 aliphatic heterocycles. The van der Waals surface area contributed by atoms with Crippen LogP contribution in [0.3, 0.4) is 0 Å². The quantitative estimate of drug-likeness (QED) is 0.159. The van der Waals surface area contributed by atoms with Gasteiger partial charge in [-0.1, -0.05) is 61.5 Å². The number of fused-ring (bicyclic) bond motifs is 2. The van der Waals surface area contributed by atoms with Gasteiger partial charge in [0, 0.05) is 49.4 Å². The van der Waals surface area contributed by atoms with Crippen LogP contribution in [-0.2, 0) is 4.74 Å². The number of carbonyl (C=O) groups is 3. The summed E-state index contributed by atoms with van der Waals surface area (Å²) in [6, 6.07) is 26.5. The normalized spacial score (nSPS) is 19.2. The average Bonchev–Trinajstić information content (AvgIpc) is 3.13. The molecule has 5 rings (SSSR count). The SMILES string of the molecule is C[C@H](CO)N1C[C@H](C)[C@@H](CN(C)C(=O)Nc2ccccc2)OCCCC[C@H](C)Oc2ccc(NC(=O)Nc3cccc4ccccc34)cc2C1=O. The summed E-state index contributed by atoms with van der Waals surface area (Å²) in [4.78, 5) is 44.0. The molecular formula is C40H49N5O6. The smallest absolute Gasteiger partial charge is 0.323 e. The number of likely N-dealkylation sites (N-methyl/N-ethyl adjacent to an activating group) is 1. The van der Waals surface area contributed by atoms with Crippen LogP contribution >= 0.6 is 0 Å². The van der Waals surface area contributed by atoms with Crippen molar-refractivity contribution in [1.29, 1.82) is 0 Å². The highest BCUT2D eigenvalue weighted by Crippen LogP contribution is 2.29. The molecule has 0 saturated carbocycles. The number of aliphatic hydroxyl groups excluding tert-OH is 1. The van der Waals surface area contributed by atoms with E-state index in [2.05, 4.69) is 16.0 Å². The van der Waals surface area contributed by atoms with Crippen molar-refractivity contribution in [2.24, 2.45) is 5.92 Å². The van der Waals surface area contributed by atoms with Crippen LogP contribution in [0.25, 0.3) is 10.8 Å². The van der Waals surface area contributed by atoms with Crippen LogP contribution in [0.2, 0.25) is 0 Å². The average molecular weight is 696 g/mol. The van der Waals surface area contributed by atoms with E-state index in [4.69, 9.17) is 9.47 Å². The van der Waals surface area contributed by atoms with Crippen molar-refractivity contribution in [2.75, 3.05) is 49.3 Å². The molecule has 51 heavy (non-hydrogen) atoms. The van der Waals surface area contributed by atoms with Gasteiger partial charge in [-0.25, -0.2) is 9.59 Å². The number of nitrogens with one attached hydrogen (secondary N) is 3. The molecular weight excluding hydrogens is 646 g/mol. The molecule has 0 aliphatic carbocycles. The van der Waals surface area contributed by atoms with Crippen LogP contribution in [0.5, 0.6) is 5.75 Å². The van der Waals surface area contributed by atoms with E-state index in [0.717, 1.165) is 30.0 Å². The van der Waals surface area contributed by atoms with Crippen LogP contribution in [0.4, 0.5) is 26.7 Å². The lowest BCUT2D eigenvalue weighted by molar-refractivity contribution is -0.0115. The zero-order chi connectivity index (χ0) is 36.3. The Hall–Kier alpha value is -5.13. The highest BCUT2D eigenvalue weighted by Gasteiger charge is 2.31. The van der Waals surface area contributed by atoms with E-state index in [1.54, 1.807) is 42.0 Å². The lowest BCUT2D eigenvalue weighted by Gasteiger charge is -2.35. The summed E-state index contributed by atoms with van der Waals surface area (Å²) < 4.78 is 12.7. The number of carbonyl (C=O) groups excluding carboxylic acids is 3. The first kappa shape index (κ1) is 37.1. The fourth-order valence-corrected chi connectivity index (χ4v) is 6.18. The third-order valence-electron chi connectivity index (χ3n) is 9.17. The third kappa shape index (κ3) is 9.99.